The second-order valence-corrected chi connectivity index (χ2v) is 7.02. The summed E-state index contributed by atoms with van der Waals surface area (Å²) < 4.78 is 0.881. The Morgan fingerprint density at radius 2 is 2.19 bits per heavy atom. The predicted octanol–water partition coefficient (Wildman–Crippen LogP) is 4.58. The van der Waals surface area contributed by atoms with Gasteiger partial charge in [-0.25, -0.2) is 0 Å². The first-order chi connectivity index (χ1) is 7.67. The van der Waals surface area contributed by atoms with E-state index in [2.05, 4.69) is 32.2 Å². The van der Waals surface area contributed by atoms with Gasteiger partial charge in [-0.15, -0.1) is 11.3 Å². The lowest BCUT2D eigenvalue weighted by molar-refractivity contribution is 0.614. The van der Waals surface area contributed by atoms with Crippen molar-refractivity contribution in [1.29, 1.82) is 0 Å². The average Bonchev–Trinajstić information content (AvgIpc) is 2.70. The molecule has 0 saturated carbocycles. The Labute approximate surface area is 112 Å². The lowest BCUT2D eigenvalue weighted by atomic mass is 10.3. The number of hydrogen-bond acceptors (Lipinski definition) is 3. The highest BCUT2D eigenvalue weighted by atomic mass is 35.5. The summed E-state index contributed by atoms with van der Waals surface area (Å²) in [4.78, 5) is 1.35. The van der Waals surface area contributed by atoms with Crippen molar-refractivity contribution in [2.24, 2.45) is 0 Å². The lowest BCUT2D eigenvalue weighted by Gasteiger charge is -2.18. The molecule has 1 aromatic rings. The van der Waals surface area contributed by atoms with Crippen molar-refractivity contribution in [1.82, 2.24) is 5.32 Å². The molecule has 1 N–H and O–H groups in total. The largest absolute Gasteiger partial charge is 0.309 e. The third-order valence-electron chi connectivity index (χ3n) is 2.51. The molecule has 0 aliphatic heterocycles. The highest BCUT2D eigenvalue weighted by Gasteiger charge is 2.13. The van der Waals surface area contributed by atoms with E-state index in [9.17, 15) is 0 Å². The second-order valence-electron chi connectivity index (χ2n) is 3.80. The summed E-state index contributed by atoms with van der Waals surface area (Å²) in [5, 5.41) is 4.26. The highest BCUT2D eigenvalue weighted by Crippen LogP contribution is 2.30. The lowest BCUT2D eigenvalue weighted by Crippen LogP contribution is -2.22. The van der Waals surface area contributed by atoms with Crippen molar-refractivity contribution >= 4 is 34.7 Å². The van der Waals surface area contributed by atoms with E-state index in [1.54, 1.807) is 11.3 Å². The molecule has 2 atom stereocenters. The van der Waals surface area contributed by atoms with Gasteiger partial charge in [0.2, 0.25) is 0 Å². The predicted molar refractivity (Wildman–Crippen MR) is 78.0 cm³/mol. The van der Waals surface area contributed by atoms with Gasteiger partial charge in [-0.05, 0) is 25.1 Å². The molecule has 1 heterocycles. The molecular formula is C12H20ClNS2. The number of hydrogen-bond donors (Lipinski definition) is 1. The molecule has 1 nitrogen and oxygen atoms in total. The van der Waals surface area contributed by atoms with Gasteiger partial charge in [0, 0.05) is 15.9 Å². The molecule has 92 valence electrons. The van der Waals surface area contributed by atoms with Gasteiger partial charge >= 0.3 is 0 Å². The van der Waals surface area contributed by atoms with Gasteiger partial charge in [0.05, 0.1) is 10.4 Å². The van der Waals surface area contributed by atoms with Crippen molar-refractivity contribution in [3.63, 3.8) is 0 Å². The maximum Gasteiger partial charge on any atom is 0.0931 e. The van der Waals surface area contributed by atoms with E-state index in [4.69, 9.17) is 11.6 Å². The van der Waals surface area contributed by atoms with Crippen LogP contribution >= 0.6 is 34.7 Å². The molecule has 2 unspecified atom stereocenters. The van der Waals surface area contributed by atoms with Crippen LogP contribution in [0.1, 0.15) is 38.1 Å². The molecule has 1 aromatic heterocycles. The van der Waals surface area contributed by atoms with Crippen LogP contribution in [-0.2, 0) is 0 Å². The van der Waals surface area contributed by atoms with E-state index in [0.29, 0.717) is 6.04 Å². The average molecular weight is 278 g/mol. The highest BCUT2D eigenvalue weighted by molar-refractivity contribution is 7.99. The quantitative estimate of drug-likeness (QED) is 0.783. The van der Waals surface area contributed by atoms with Crippen LogP contribution in [0.4, 0.5) is 0 Å². The summed E-state index contributed by atoms with van der Waals surface area (Å²) in [6, 6.07) is 4.57. The van der Waals surface area contributed by atoms with E-state index in [1.165, 1.54) is 11.3 Å². The number of nitrogens with one attached hydrogen (secondary N) is 1. The van der Waals surface area contributed by atoms with Crippen molar-refractivity contribution < 1.29 is 0 Å². The van der Waals surface area contributed by atoms with Crippen molar-refractivity contribution in [2.45, 2.75) is 38.5 Å². The smallest absolute Gasteiger partial charge is 0.0931 e. The maximum atomic E-state index is 5.98. The fraction of sp³-hybridized carbons (Fsp3) is 0.667. The minimum atomic E-state index is 0.446. The summed E-state index contributed by atoms with van der Waals surface area (Å²) >= 11 is 9.69. The first-order valence-corrected chi connectivity index (χ1v) is 8.01. The van der Waals surface area contributed by atoms with Crippen molar-refractivity contribution in [3.05, 3.63) is 21.3 Å². The van der Waals surface area contributed by atoms with E-state index < -0.39 is 0 Å². The molecule has 0 radical (unpaired) electrons. The zero-order valence-electron chi connectivity index (χ0n) is 10.1. The Hall–Kier alpha value is 0.300. The van der Waals surface area contributed by atoms with Crippen LogP contribution in [-0.4, -0.2) is 17.5 Å². The molecule has 0 saturated heterocycles. The Balaban J connectivity index is 2.53. The standard InChI is InChI=1S/C12H20ClNS2/c1-4-9(3)15-8-10(14-5-2)11-6-7-12(13)16-11/h6-7,9-10,14H,4-5,8H2,1-3H3. The van der Waals surface area contributed by atoms with Crippen LogP contribution in [0.15, 0.2) is 12.1 Å². The minimum absolute atomic E-state index is 0.446. The van der Waals surface area contributed by atoms with Crippen LogP contribution in [0.25, 0.3) is 0 Å². The van der Waals surface area contributed by atoms with Gasteiger partial charge in [0.1, 0.15) is 0 Å². The molecule has 16 heavy (non-hydrogen) atoms. The fourth-order valence-corrected chi connectivity index (χ4v) is 3.68. The topological polar surface area (TPSA) is 12.0 Å². The molecule has 0 aliphatic rings. The van der Waals surface area contributed by atoms with Crippen LogP contribution < -0.4 is 5.32 Å². The van der Waals surface area contributed by atoms with E-state index >= 15 is 0 Å². The van der Waals surface area contributed by atoms with Gasteiger partial charge in [-0.1, -0.05) is 32.4 Å². The molecule has 0 amide bonds. The Morgan fingerprint density at radius 3 is 2.69 bits per heavy atom. The second kappa shape index (κ2) is 7.59. The first kappa shape index (κ1) is 14.4. The van der Waals surface area contributed by atoms with Gasteiger partial charge < -0.3 is 5.32 Å². The minimum Gasteiger partial charge on any atom is -0.309 e. The zero-order valence-corrected chi connectivity index (χ0v) is 12.5. The van der Waals surface area contributed by atoms with E-state index in [-0.39, 0.29) is 0 Å². The SMILES string of the molecule is CCNC(CSC(C)CC)c1ccc(Cl)s1. The fourth-order valence-electron chi connectivity index (χ4n) is 1.38. The number of halogens is 1. The number of thiophene rings is 1. The third-order valence-corrected chi connectivity index (χ3v) is 5.28. The molecule has 0 bridgehead atoms. The Morgan fingerprint density at radius 1 is 1.44 bits per heavy atom. The third kappa shape index (κ3) is 4.66. The summed E-state index contributed by atoms with van der Waals surface area (Å²) in [5.74, 6) is 1.12. The molecular weight excluding hydrogens is 258 g/mol. The van der Waals surface area contributed by atoms with Crippen LogP contribution in [0, 0.1) is 0 Å². The Bertz CT molecular complexity index is 301. The van der Waals surface area contributed by atoms with Crippen LogP contribution in [0.3, 0.4) is 0 Å². The van der Waals surface area contributed by atoms with Gasteiger partial charge in [0.15, 0.2) is 0 Å². The van der Waals surface area contributed by atoms with Gasteiger partial charge in [-0.3, -0.25) is 0 Å². The van der Waals surface area contributed by atoms with Crippen LogP contribution in [0.2, 0.25) is 4.34 Å². The molecule has 0 aliphatic carbocycles. The Kier molecular flexibility index (Phi) is 6.81. The number of thioether (sulfide) groups is 1. The van der Waals surface area contributed by atoms with Crippen LogP contribution in [0.5, 0.6) is 0 Å². The number of rotatable bonds is 7. The summed E-state index contributed by atoms with van der Waals surface area (Å²) in [7, 11) is 0. The van der Waals surface area contributed by atoms with Gasteiger partial charge in [0.25, 0.3) is 0 Å². The van der Waals surface area contributed by atoms with Crippen molar-refractivity contribution in [3.8, 4) is 0 Å². The first-order valence-electron chi connectivity index (χ1n) is 5.77. The maximum absolute atomic E-state index is 5.98. The molecule has 0 aromatic carbocycles. The summed E-state index contributed by atoms with van der Waals surface area (Å²) in [6.07, 6.45) is 1.23. The monoisotopic (exact) mass is 277 g/mol. The van der Waals surface area contributed by atoms with E-state index in [0.717, 1.165) is 21.9 Å². The zero-order chi connectivity index (χ0) is 12.0. The summed E-state index contributed by atoms with van der Waals surface area (Å²) in [5.41, 5.74) is 0. The normalized spacial score (nSPS) is 15.0. The molecule has 0 fully saturated rings. The van der Waals surface area contributed by atoms with Crippen molar-refractivity contribution in [2.75, 3.05) is 12.3 Å². The molecule has 0 spiro atoms. The molecule has 4 heteroatoms. The van der Waals surface area contributed by atoms with E-state index in [1.807, 2.05) is 17.8 Å². The van der Waals surface area contributed by atoms with Gasteiger partial charge in [-0.2, -0.15) is 11.8 Å². The summed E-state index contributed by atoms with van der Waals surface area (Å²) in [6.45, 7) is 7.67. The molecule has 1 rings (SSSR count).